The van der Waals surface area contributed by atoms with Crippen molar-refractivity contribution in [2.24, 2.45) is 4.99 Å². The Labute approximate surface area is 130 Å². The van der Waals surface area contributed by atoms with Gasteiger partial charge in [-0.15, -0.1) is 0 Å². The third kappa shape index (κ3) is 4.01. The minimum Gasteiger partial charge on any atom is -0.369 e. The van der Waals surface area contributed by atoms with Crippen molar-refractivity contribution >= 4 is 19.3 Å². The van der Waals surface area contributed by atoms with Crippen LogP contribution in [-0.4, -0.2) is 31.1 Å². The highest BCUT2D eigenvalue weighted by Crippen LogP contribution is 2.55. The third-order valence-corrected chi connectivity index (χ3v) is 4.63. The van der Waals surface area contributed by atoms with Crippen molar-refractivity contribution in [1.29, 1.82) is 0 Å². The Morgan fingerprint density at radius 1 is 1.30 bits per heavy atom. The fourth-order valence-corrected chi connectivity index (χ4v) is 2.75. The number of nitrogens with one attached hydrogen (secondary N) is 1. The lowest BCUT2D eigenvalue weighted by molar-refractivity contribution is 0.0477. The van der Waals surface area contributed by atoms with Crippen LogP contribution in [0.5, 0.6) is 0 Å². The number of hydrogen-bond donors (Lipinski definition) is 4. The van der Waals surface area contributed by atoms with Crippen LogP contribution >= 0.6 is 7.60 Å². The number of H-pyrrole nitrogens is 1. The zero-order valence-electron chi connectivity index (χ0n) is 12.1. The van der Waals surface area contributed by atoms with E-state index >= 15 is 0 Å². The molecule has 1 aromatic rings. The van der Waals surface area contributed by atoms with E-state index in [0.29, 0.717) is 36.2 Å². The van der Waals surface area contributed by atoms with Crippen LogP contribution in [0.1, 0.15) is 43.4 Å². The number of halogens is 2. The Morgan fingerprint density at radius 2 is 2.00 bits per heavy atom. The number of alkyl halides is 2. The summed E-state index contributed by atoms with van der Waals surface area (Å²) < 4.78 is 36.8. The van der Waals surface area contributed by atoms with Gasteiger partial charge in [0, 0.05) is 6.42 Å². The fourth-order valence-electron chi connectivity index (χ4n) is 2.30. The smallest absolute Gasteiger partial charge is 0.369 e. The number of fused-ring (bicyclic) bond motifs is 1. The molecule has 0 saturated heterocycles. The first kappa shape index (κ1) is 17.7. The standard InChI is InChI=1S/C12H17F2N4O4P/c13-12(14,23(20,21)22)5-3-1-2-4-8-9-7(6-16-8)10(19)18-11(15)17-9/h1-6H2,(H2,20,21,22)(H3,15,17,18,19). The van der Waals surface area contributed by atoms with E-state index in [1.165, 1.54) is 0 Å². The average Bonchev–Trinajstić information content (AvgIpc) is 2.80. The van der Waals surface area contributed by atoms with E-state index in [-0.39, 0.29) is 24.5 Å². The summed E-state index contributed by atoms with van der Waals surface area (Å²) in [5, 5.41) is 0. The predicted octanol–water partition coefficient (Wildman–Crippen LogP) is 1.38. The van der Waals surface area contributed by atoms with Gasteiger partial charge in [-0.3, -0.25) is 19.3 Å². The molecule has 0 atom stereocenters. The normalized spacial score (nSPS) is 14.7. The number of aliphatic imine (C=N–C) groups is 1. The maximum absolute atomic E-state index is 13.1. The molecule has 0 aromatic carbocycles. The number of rotatable bonds is 7. The molecule has 0 fully saturated rings. The van der Waals surface area contributed by atoms with E-state index in [1.807, 2.05) is 0 Å². The Kier molecular flexibility index (Phi) is 4.98. The molecule has 2 heterocycles. The van der Waals surface area contributed by atoms with Gasteiger partial charge in [-0.2, -0.15) is 8.78 Å². The second-order valence-electron chi connectivity index (χ2n) is 5.31. The number of hydrogen-bond acceptors (Lipinski definition) is 5. The van der Waals surface area contributed by atoms with Gasteiger partial charge in [0.1, 0.15) is 0 Å². The molecule has 1 aromatic heterocycles. The second-order valence-corrected chi connectivity index (χ2v) is 7.05. The minimum absolute atomic E-state index is 0.00960. The molecule has 5 N–H and O–H groups in total. The van der Waals surface area contributed by atoms with Crippen molar-refractivity contribution in [3.05, 3.63) is 21.6 Å². The van der Waals surface area contributed by atoms with Gasteiger partial charge in [0.15, 0.2) is 0 Å². The maximum atomic E-state index is 13.1. The summed E-state index contributed by atoms with van der Waals surface area (Å²) in [5.41, 5.74) is 2.61. The quantitative estimate of drug-likeness (QED) is 0.432. The van der Waals surface area contributed by atoms with Gasteiger partial charge in [0.05, 0.1) is 23.5 Å². The molecule has 0 spiro atoms. The van der Waals surface area contributed by atoms with Gasteiger partial charge in [0.25, 0.3) is 5.56 Å². The second kappa shape index (κ2) is 6.46. The molecule has 11 heteroatoms. The lowest BCUT2D eigenvalue weighted by atomic mass is 10.1. The largest absolute Gasteiger partial charge is 0.394 e. The average molecular weight is 350 g/mol. The summed E-state index contributed by atoms with van der Waals surface area (Å²) in [4.78, 5) is 39.3. The topological polar surface area (TPSA) is 142 Å². The highest BCUT2D eigenvalue weighted by atomic mass is 31.2. The van der Waals surface area contributed by atoms with Crippen LogP contribution in [0, 0.1) is 0 Å². The monoisotopic (exact) mass is 350 g/mol. The number of nitrogens with zero attached hydrogens (tertiary/aromatic N) is 2. The van der Waals surface area contributed by atoms with Crippen molar-refractivity contribution in [3.8, 4) is 0 Å². The van der Waals surface area contributed by atoms with E-state index in [1.54, 1.807) is 0 Å². The lowest BCUT2D eigenvalue weighted by Crippen LogP contribution is -2.18. The van der Waals surface area contributed by atoms with E-state index in [0.717, 1.165) is 0 Å². The first-order chi connectivity index (χ1) is 10.6. The Balaban J connectivity index is 1.84. The zero-order chi connectivity index (χ0) is 17.3. The minimum atomic E-state index is -5.41. The molecule has 0 radical (unpaired) electrons. The van der Waals surface area contributed by atoms with E-state index < -0.39 is 19.7 Å². The summed E-state index contributed by atoms with van der Waals surface area (Å²) in [5.74, 6) is -0.00960. The Hall–Kier alpha value is -1.64. The molecule has 8 nitrogen and oxygen atoms in total. The number of nitrogens with two attached hydrogens (primary N) is 1. The molecular formula is C12H17F2N4O4P. The molecule has 0 amide bonds. The first-order valence-corrected chi connectivity index (χ1v) is 8.59. The molecular weight excluding hydrogens is 333 g/mol. The maximum Gasteiger partial charge on any atom is 0.394 e. The summed E-state index contributed by atoms with van der Waals surface area (Å²) >= 11 is 0. The lowest BCUT2D eigenvalue weighted by Gasteiger charge is -2.17. The van der Waals surface area contributed by atoms with Gasteiger partial charge in [0.2, 0.25) is 5.95 Å². The van der Waals surface area contributed by atoms with E-state index in [9.17, 15) is 18.1 Å². The van der Waals surface area contributed by atoms with Crippen molar-refractivity contribution in [2.45, 2.75) is 44.3 Å². The Bertz CT molecular complexity index is 728. The number of anilines is 1. The molecule has 128 valence electrons. The van der Waals surface area contributed by atoms with Crippen molar-refractivity contribution < 1.29 is 23.1 Å². The van der Waals surface area contributed by atoms with Crippen LogP contribution in [0.3, 0.4) is 0 Å². The van der Waals surface area contributed by atoms with Gasteiger partial charge < -0.3 is 15.5 Å². The van der Waals surface area contributed by atoms with Gasteiger partial charge in [-0.25, -0.2) is 4.98 Å². The molecule has 2 rings (SSSR count). The van der Waals surface area contributed by atoms with Gasteiger partial charge in [-0.05, 0) is 19.3 Å². The van der Waals surface area contributed by atoms with Crippen LogP contribution in [-0.2, 0) is 11.1 Å². The fraction of sp³-hybridized carbons (Fsp3) is 0.583. The molecule has 0 bridgehead atoms. The van der Waals surface area contributed by atoms with E-state index in [2.05, 4.69) is 15.0 Å². The molecule has 1 aliphatic rings. The number of aromatic nitrogens is 2. The third-order valence-electron chi connectivity index (χ3n) is 3.55. The highest BCUT2D eigenvalue weighted by molar-refractivity contribution is 7.53. The van der Waals surface area contributed by atoms with Crippen LogP contribution in [0.4, 0.5) is 14.7 Å². The number of aromatic amines is 1. The first-order valence-electron chi connectivity index (χ1n) is 6.97. The van der Waals surface area contributed by atoms with Crippen LogP contribution in [0.2, 0.25) is 0 Å². The molecule has 23 heavy (non-hydrogen) atoms. The molecule has 0 unspecified atom stereocenters. The molecule has 0 saturated carbocycles. The van der Waals surface area contributed by atoms with Crippen molar-refractivity contribution in [2.75, 3.05) is 5.73 Å². The molecule has 1 aliphatic heterocycles. The highest BCUT2D eigenvalue weighted by Gasteiger charge is 2.47. The van der Waals surface area contributed by atoms with Gasteiger partial charge in [-0.1, -0.05) is 6.42 Å². The van der Waals surface area contributed by atoms with Crippen LogP contribution in [0.25, 0.3) is 0 Å². The zero-order valence-corrected chi connectivity index (χ0v) is 13.0. The summed E-state index contributed by atoms with van der Waals surface area (Å²) in [7, 11) is -5.41. The van der Waals surface area contributed by atoms with Crippen LogP contribution < -0.4 is 11.3 Å². The summed E-state index contributed by atoms with van der Waals surface area (Å²) in [6.45, 7) is 0.212. The summed E-state index contributed by atoms with van der Waals surface area (Å²) in [6, 6.07) is 0. The number of nitrogen functional groups attached to an aromatic ring is 1. The van der Waals surface area contributed by atoms with Gasteiger partial charge >= 0.3 is 13.3 Å². The van der Waals surface area contributed by atoms with Crippen molar-refractivity contribution in [1.82, 2.24) is 9.97 Å². The number of unbranched alkanes of at least 4 members (excludes halogenated alkanes) is 2. The predicted molar refractivity (Wildman–Crippen MR) is 79.6 cm³/mol. The van der Waals surface area contributed by atoms with Crippen LogP contribution in [0.15, 0.2) is 9.79 Å². The SMILES string of the molecule is Nc1nc2c(c(=O)[nH]1)CN=C2CCCCCC(F)(F)P(=O)(O)O. The van der Waals surface area contributed by atoms with E-state index in [4.69, 9.17) is 15.5 Å². The molecule has 0 aliphatic carbocycles. The summed E-state index contributed by atoms with van der Waals surface area (Å²) in [6.07, 6.45) is 0.380. The Morgan fingerprint density at radius 3 is 2.65 bits per heavy atom. The van der Waals surface area contributed by atoms with Crippen molar-refractivity contribution in [3.63, 3.8) is 0 Å².